The van der Waals surface area contributed by atoms with Crippen molar-refractivity contribution in [1.29, 1.82) is 0 Å². The van der Waals surface area contributed by atoms with Gasteiger partial charge in [-0.1, -0.05) is 20.4 Å². The van der Waals surface area contributed by atoms with Crippen LogP contribution in [-0.2, 0) is 4.79 Å². The van der Waals surface area contributed by atoms with Crippen LogP contribution in [0.3, 0.4) is 0 Å². The number of nitrogens with one attached hydrogen (secondary N) is 1. The van der Waals surface area contributed by atoms with Crippen LogP contribution >= 0.6 is 0 Å². The summed E-state index contributed by atoms with van der Waals surface area (Å²) in [6.07, 6.45) is 4.55. The van der Waals surface area contributed by atoms with Gasteiger partial charge < -0.3 is 10.2 Å². The van der Waals surface area contributed by atoms with Crippen LogP contribution in [0.5, 0.6) is 0 Å². The predicted octanol–water partition coefficient (Wildman–Crippen LogP) is 3.46. The van der Waals surface area contributed by atoms with Gasteiger partial charge in [-0.05, 0) is 55.0 Å². The third-order valence-corrected chi connectivity index (χ3v) is 4.51. The van der Waals surface area contributed by atoms with E-state index in [1.165, 1.54) is 12.5 Å². The Bertz CT molecular complexity index is 565. The summed E-state index contributed by atoms with van der Waals surface area (Å²) in [7, 11) is 0. The highest BCUT2D eigenvalue weighted by Gasteiger charge is 2.31. The van der Waals surface area contributed by atoms with E-state index in [9.17, 15) is 9.59 Å². The average Bonchev–Trinajstić information content (AvgIpc) is 2.55. The van der Waals surface area contributed by atoms with Crippen molar-refractivity contribution in [3.8, 4) is 0 Å². The maximum absolute atomic E-state index is 12.6. The van der Waals surface area contributed by atoms with E-state index in [2.05, 4.69) is 25.7 Å². The first kappa shape index (κ1) is 16.3. The topological polar surface area (TPSA) is 49.4 Å². The van der Waals surface area contributed by atoms with Crippen molar-refractivity contribution in [2.45, 2.75) is 33.1 Å². The Labute approximate surface area is 132 Å². The quantitative estimate of drug-likeness (QED) is 0.866. The minimum atomic E-state index is -0.256. The summed E-state index contributed by atoms with van der Waals surface area (Å²) < 4.78 is 0. The van der Waals surface area contributed by atoms with Gasteiger partial charge in [0.1, 0.15) is 0 Å². The van der Waals surface area contributed by atoms with Gasteiger partial charge in [0.05, 0.1) is 0 Å². The van der Waals surface area contributed by atoms with Crippen LogP contribution in [0, 0.1) is 5.41 Å². The molecule has 1 saturated heterocycles. The molecule has 22 heavy (non-hydrogen) atoms. The first-order valence-electron chi connectivity index (χ1n) is 7.80. The van der Waals surface area contributed by atoms with E-state index in [0.29, 0.717) is 11.3 Å². The number of piperidine rings is 1. The molecule has 1 unspecified atom stereocenters. The summed E-state index contributed by atoms with van der Waals surface area (Å²) in [5.74, 6) is -0.185. The van der Waals surface area contributed by atoms with Crippen LogP contribution in [0.1, 0.15) is 43.5 Å². The Morgan fingerprint density at radius 2 is 2.05 bits per heavy atom. The van der Waals surface area contributed by atoms with Gasteiger partial charge >= 0.3 is 0 Å². The molecule has 0 bridgehead atoms. The number of carbonyl (C=O) groups is 2. The average molecular weight is 300 g/mol. The maximum atomic E-state index is 12.6. The van der Waals surface area contributed by atoms with E-state index in [0.717, 1.165) is 25.9 Å². The second-order valence-corrected chi connectivity index (χ2v) is 6.27. The molecule has 0 saturated carbocycles. The lowest BCUT2D eigenvalue weighted by Crippen LogP contribution is -2.44. The van der Waals surface area contributed by atoms with Gasteiger partial charge in [-0.2, -0.15) is 0 Å². The molecule has 1 heterocycles. The van der Waals surface area contributed by atoms with Gasteiger partial charge in [0.15, 0.2) is 0 Å². The van der Waals surface area contributed by atoms with Crippen LogP contribution in [0.25, 0.3) is 0 Å². The van der Waals surface area contributed by atoms with Crippen molar-refractivity contribution in [3.05, 3.63) is 42.5 Å². The highest BCUT2D eigenvalue weighted by Crippen LogP contribution is 2.33. The van der Waals surface area contributed by atoms with Crippen LogP contribution < -0.4 is 5.32 Å². The molecule has 0 spiro atoms. The Morgan fingerprint density at radius 3 is 2.64 bits per heavy atom. The third kappa shape index (κ3) is 3.75. The number of rotatable bonds is 4. The van der Waals surface area contributed by atoms with Gasteiger partial charge in [0.25, 0.3) is 5.91 Å². The van der Waals surface area contributed by atoms with E-state index in [1.807, 2.05) is 4.90 Å². The lowest BCUT2D eigenvalue weighted by Gasteiger charge is -2.40. The molecular weight excluding hydrogens is 276 g/mol. The second-order valence-electron chi connectivity index (χ2n) is 6.27. The fourth-order valence-corrected chi connectivity index (χ4v) is 2.85. The molecule has 2 amide bonds. The molecule has 0 aromatic heterocycles. The first-order chi connectivity index (χ1) is 10.5. The first-order valence-corrected chi connectivity index (χ1v) is 7.80. The van der Waals surface area contributed by atoms with E-state index in [1.54, 1.807) is 24.3 Å². The van der Waals surface area contributed by atoms with Gasteiger partial charge in [-0.15, -0.1) is 0 Å². The summed E-state index contributed by atoms with van der Waals surface area (Å²) in [5.41, 5.74) is 1.56. The van der Waals surface area contributed by atoms with Crippen LogP contribution in [0.4, 0.5) is 5.69 Å². The summed E-state index contributed by atoms with van der Waals surface area (Å²) in [6, 6.07) is 7.02. The van der Waals surface area contributed by atoms with E-state index < -0.39 is 0 Å². The summed E-state index contributed by atoms with van der Waals surface area (Å²) >= 11 is 0. The Hall–Kier alpha value is -2.10. The maximum Gasteiger partial charge on any atom is 0.253 e. The molecule has 1 N–H and O–H groups in total. The largest absolute Gasteiger partial charge is 0.338 e. The SMILES string of the molecule is C=CC(=O)Nc1ccc(C(=O)N2CCCC(C)(CC)C2)cc1. The molecule has 1 atom stereocenters. The van der Waals surface area contributed by atoms with Gasteiger partial charge in [-0.3, -0.25) is 9.59 Å². The van der Waals surface area contributed by atoms with Crippen LogP contribution in [0.15, 0.2) is 36.9 Å². The number of hydrogen-bond donors (Lipinski definition) is 1. The van der Waals surface area contributed by atoms with Crippen LogP contribution in [0.2, 0.25) is 0 Å². The van der Waals surface area contributed by atoms with Gasteiger partial charge in [-0.25, -0.2) is 0 Å². The zero-order chi connectivity index (χ0) is 16.2. The fraction of sp³-hybridized carbons (Fsp3) is 0.444. The van der Waals surface area contributed by atoms with Gasteiger partial charge in [0, 0.05) is 24.3 Å². The minimum absolute atomic E-state index is 0.0703. The number of benzene rings is 1. The fourth-order valence-electron chi connectivity index (χ4n) is 2.85. The summed E-state index contributed by atoms with van der Waals surface area (Å²) in [4.78, 5) is 25.8. The molecule has 2 rings (SSSR count). The van der Waals surface area contributed by atoms with Gasteiger partial charge in [0.2, 0.25) is 5.91 Å². The van der Waals surface area contributed by atoms with Crippen molar-refractivity contribution in [2.24, 2.45) is 5.41 Å². The lowest BCUT2D eigenvalue weighted by molar-refractivity contribution is -0.111. The number of amides is 2. The molecule has 118 valence electrons. The van der Waals surface area contributed by atoms with Crippen molar-refractivity contribution >= 4 is 17.5 Å². The molecular formula is C18H24N2O2. The Kier molecular flexibility index (Phi) is 5.01. The molecule has 4 heteroatoms. The second kappa shape index (κ2) is 6.77. The number of likely N-dealkylation sites (tertiary alicyclic amines) is 1. The minimum Gasteiger partial charge on any atom is -0.338 e. The molecule has 4 nitrogen and oxygen atoms in total. The van der Waals surface area contributed by atoms with Crippen molar-refractivity contribution in [1.82, 2.24) is 4.90 Å². The standard InChI is InChI=1S/C18H24N2O2/c1-4-16(21)19-15-9-7-14(8-10-15)17(22)20-12-6-11-18(3,5-2)13-20/h4,7-10H,1,5-6,11-13H2,2-3H3,(H,19,21). The van der Waals surface area contributed by atoms with E-state index >= 15 is 0 Å². The number of carbonyl (C=O) groups excluding carboxylic acids is 2. The Balaban J connectivity index is 2.06. The zero-order valence-electron chi connectivity index (χ0n) is 13.4. The third-order valence-electron chi connectivity index (χ3n) is 4.51. The monoisotopic (exact) mass is 300 g/mol. The highest BCUT2D eigenvalue weighted by molar-refractivity contribution is 5.99. The van der Waals surface area contributed by atoms with Crippen molar-refractivity contribution in [3.63, 3.8) is 0 Å². The number of nitrogens with zero attached hydrogens (tertiary/aromatic N) is 1. The molecule has 0 radical (unpaired) electrons. The predicted molar refractivity (Wildman–Crippen MR) is 88.8 cm³/mol. The number of hydrogen-bond acceptors (Lipinski definition) is 2. The van der Waals surface area contributed by atoms with E-state index in [-0.39, 0.29) is 17.2 Å². The molecule has 1 aromatic rings. The smallest absolute Gasteiger partial charge is 0.253 e. The van der Waals surface area contributed by atoms with Crippen molar-refractivity contribution in [2.75, 3.05) is 18.4 Å². The summed E-state index contributed by atoms with van der Waals surface area (Å²) in [5, 5.41) is 2.68. The molecule has 0 aliphatic carbocycles. The molecule has 1 aliphatic heterocycles. The number of anilines is 1. The normalized spacial score (nSPS) is 21.3. The van der Waals surface area contributed by atoms with Crippen molar-refractivity contribution < 1.29 is 9.59 Å². The Morgan fingerprint density at radius 1 is 1.36 bits per heavy atom. The zero-order valence-corrected chi connectivity index (χ0v) is 13.4. The van der Waals surface area contributed by atoms with E-state index in [4.69, 9.17) is 0 Å². The molecule has 1 aromatic carbocycles. The highest BCUT2D eigenvalue weighted by atomic mass is 16.2. The summed E-state index contributed by atoms with van der Waals surface area (Å²) in [6.45, 7) is 9.49. The lowest BCUT2D eigenvalue weighted by atomic mass is 9.79. The molecule has 1 fully saturated rings. The van der Waals surface area contributed by atoms with Crippen LogP contribution in [-0.4, -0.2) is 29.8 Å². The molecule has 1 aliphatic rings.